The SMILES string of the molecule is CCCCCCCC[CH2][Sn]([CH2]CCCCCCCC)([O]C(C)=O)[O]C(C)=O. The summed E-state index contributed by atoms with van der Waals surface area (Å²) in [5.74, 6) is -0.559. The molecule has 0 spiro atoms. The Hall–Kier alpha value is -0.261. The van der Waals surface area contributed by atoms with E-state index in [0.29, 0.717) is 0 Å². The number of hydrogen-bond acceptors (Lipinski definition) is 4. The van der Waals surface area contributed by atoms with Gasteiger partial charge in [-0.1, -0.05) is 0 Å². The molecule has 0 aliphatic rings. The van der Waals surface area contributed by atoms with Crippen LogP contribution in [0.5, 0.6) is 0 Å². The van der Waals surface area contributed by atoms with Crippen LogP contribution in [-0.2, 0) is 15.7 Å². The number of carbonyl (C=O) groups is 2. The molecular formula is C22H44O4Sn. The third-order valence-corrected chi connectivity index (χ3v) is 15.1. The Bertz CT molecular complexity index is 349. The molecule has 0 heterocycles. The van der Waals surface area contributed by atoms with Gasteiger partial charge in [-0.25, -0.2) is 0 Å². The van der Waals surface area contributed by atoms with Crippen LogP contribution in [0.4, 0.5) is 0 Å². The fraction of sp³-hybridized carbons (Fsp3) is 0.909. The Morgan fingerprint density at radius 2 is 0.852 bits per heavy atom. The normalized spacial score (nSPS) is 11.4. The van der Waals surface area contributed by atoms with E-state index >= 15 is 0 Å². The van der Waals surface area contributed by atoms with Crippen LogP contribution < -0.4 is 0 Å². The molecule has 27 heavy (non-hydrogen) atoms. The minimum absolute atomic E-state index is 0.280. The van der Waals surface area contributed by atoms with Crippen LogP contribution in [0.25, 0.3) is 0 Å². The van der Waals surface area contributed by atoms with Crippen molar-refractivity contribution in [2.24, 2.45) is 0 Å². The summed E-state index contributed by atoms with van der Waals surface area (Å²) in [6.45, 7) is 7.35. The van der Waals surface area contributed by atoms with Crippen molar-refractivity contribution in [1.82, 2.24) is 0 Å². The molecule has 160 valence electrons. The van der Waals surface area contributed by atoms with E-state index in [2.05, 4.69) is 13.8 Å². The molecule has 0 atom stereocenters. The molecule has 0 amide bonds. The second kappa shape index (κ2) is 17.8. The van der Waals surface area contributed by atoms with Crippen molar-refractivity contribution in [3.63, 3.8) is 0 Å². The fourth-order valence-electron chi connectivity index (χ4n) is 3.58. The Kier molecular flexibility index (Phi) is 17.6. The average Bonchev–Trinajstić information content (AvgIpc) is 2.59. The summed E-state index contributed by atoms with van der Waals surface area (Å²) < 4.78 is 13.2. The van der Waals surface area contributed by atoms with E-state index in [1.807, 2.05) is 0 Å². The molecule has 0 bridgehead atoms. The van der Waals surface area contributed by atoms with E-state index in [4.69, 9.17) is 6.15 Å². The summed E-state index contributed by atoms with van der Waals surface area (Å²) in [6, 6.07) is 0. The molecule has 0 unspecified atom stereocenters. The maximum atomic E-state index is 11.7. The van der Waals surface area contributed by atoms with Crippen LogP contribution in [0.1, 0.15) is 118 Å². The predicted octanol–water partition coefficient (Wildman–Crippen LogP) is 7.06. The van der Waals surface area contributed by atoms with Crippen LogP contribution >= 0.6 is 0 Å². The first-order valence-electron chi connectivity index (χ1n) is 11.3. The zero-order valence-electron chi connectivity index (χ0n) is 18.4. The second-order valence-electron chi connectivity index (χ2n) is 7.84. The summed E-state index contributed by atoms with van der Waals surface area (Å²) in [5.41, 5.74) is 0. The Morgan fingerprint density at radius 1 is 0.556 bits per heavy atom. The van der Waals surface area contributed by atoms with Gasteiger partial charge in [0, 0.05) is 0 Å². The molecule has 0 aromatic heterocycles. The van der Waals surface area contributed by atoms with Gasteiger partial charge in [-0.15, -0.1) is 0 Å². The summed E-state index contributed by atoms with van der Waals surface area (Å²) in [4.78, 5) is 23.4. The Morgan fingerprint density at radius 3 is 1.15 bits per heavy atom. The molecule has 0 radical (unpaired) electrons. The van der Waals surface area contributed by atoms with Gasteiger partial charge in [0.05, 0.1) is 0 Å². The van der Waals surface area contributed by atoms with Crippen molar-refractivity contribution in [2.75, 3.05) is 0 Å². The van der Waals surface area contributed by atoms with Gasteiger partial charge in [-0.3, -0.25) is 0 Å². The third kappa shape index (κ3) is 16.4. The van der Waals surface area contributed by atoms with Gasteiger partial charge >= 0.3 is 173 Å². The summed E-state index contributed by atoms with van der Waals surface area (Å²) in [5, 5.41) is 0. The predicted molar refractivity (Wildman–Crippen MR) is 115 cm³/mol. The third-order valence-electron chi connectivity index (χ3n) is 4.98. The van der Waals surface area contributed by atoms with Crippen LogP contribution in [0.2, 0.25) is 8.87 Å². The zero-order valence-corrected chi connectivity index (χ0v) is 21.3. The van der Waals surface area contributed by atoms with E-state index in [0.717, 1.165) is 34.6 Å². The number of unbranched alkanes of at least 4 members (excludes halogenated alkanes) is 12. The van der Waals surface area contributed by atoms with Gasteiger partial charge in [0.2, 0.25) is 0 Å². The van der Waals surface area contributed by atoms with Crippen LogP contribution in [0.15, 0.2) is 0 Å². The van der Waals surface area contributed by atoms with Gasteiger partial charge in [-0.05, 0) is 0 Å². The number of carbonyl (C=O) groups excluding carboxylic acids is 2. The van der Waals surface area contributed by atoms with Gasteiger partial charge < -0.3 is 0 Å². The molecule has 0 N–H and O–H groups in total. The second-order valence-corrected chi connectivity index (χ2v) is 17.1. The molecule has 4 nitrogen and oxygen atoms in total. The monoisotopic (exact) mass is 492 g/mol. The van der Waals surface area contributed by atoms with E-state index in [1.165, 1.54) is 78.1 Å². The number of rotatable bonds is 18. The Labute approximate surface area is 173 Å². The molecule has 0 aliphatic heterocycles. The van der Waals surface area contributed by atoms with Gasteiger partial charge in [0.1, 0.15) is 0 Å². The summed E-state index contributed by atoms with van der Waals surface area (Å²) >= 11 is -3.65. The Balaban J connectivity index is 4.44. The van der Waals surface area contributed by atoms with Crippen molar-refractivity contribution in [1.29, 1.82) is 0 Å². The van der Waals surface area contributed by atoms with E-state index in [9.17, 15) is 9.59 Å². The van der Waals surface area contributed by atoms with Crippen LogP contribution in [-0.4, -0.2) is 31.1 Å². The number of hydrogen-bond donors (Lipinski definition) is 0. The molecule has 0 saturated carbocycles. The molecule has 0 aromatic rings. The van der Waals surface area contributed by atoms with Crippen molar-refractivity contribution in [2.45, 2.75) is 126 Å². The zero-order chi connectivity index (χ0) is 20.4. The first kappa shape index (κ1) is 26.7. The van der Waals surface area contributed by atoms with E-state index in [1.54, 1.807) is 0 Å². The van der Waals surface area contributed by atoms with Crippen molar-refractivity contribution in [3.05, 3.63) is 0 Å². The molecule has 0 aliphatic carbocycles. The van der Waals surface area contributed by atoms with Crippen molar-refractivity contribution in [3.8, 4) is 0 Å². The van der Waals surface area contributed by atoms with Gasteiger partial charge in [0.15, 0.2) is 0 Å². The molecule has 0 fully saturated rings. The topological polar surface area (TPSA) is 52.6 Å². The van der Waals surface area contributed by atoms with Crippen molar-refractivity contribution < 1.29 is 15.7 Å². The first-order chi connectivity index (χ1) is 13.0. The van der Waals surface area contributed by atoms with Crippen LogP contribution in [0.3, 0.4) is 0 Å². The maximum absolute atomic E-state index is 11.7. The summed E-state index contributed by atoms with van der Waals surface area (Å²) in [6.07, 6.45) is 17.0. The minimum atomic E-state index is -3.65. The van der Waals surface area contributed by atoms with Crippen LogP contribution in [0, 0.1) is 0 Å². The van der Waals surface area contributed by atoms with Gasteiger partial charge in [0.25, 0.3) is 0 Å². The quantitative estimate of drug-likeness (QED) is 0.152. The molecule has 0 aromatic carbocycles. The first-order valence-corrected chi connectivity index (χ1v) is 17.7. The average molecular weight is 491 g/mol. The fourth-order valence-corrected chi connectivity index (χ4v) is 13.1. The molecular weight excluding hydrogens is 447 g/mol. The van der Waals surface area contributed by atoms with Gasteiger partial charge in [-0.2, -0.15) is 0 Å². The van der Waals surface area contributed by atoms with E-state index < -0.39 is 19.2 Å². The standard InChI is InChI=1S/2C9H19.2C2H4O2.Sn/c2*1-3-5-7-9-8-6-4-2;2*1-2(3)4;/h2*1,3-9H2,2H3;2*1H3,(H,3,4);/q;;;;+2/p-2. The van der Waals surface area contributed by atoms with E-state index in [-0.39, 0.29) is 11.9 Å². The molecule has 5 heteroatoms. The van der Waals surface area contributed by atoms with Crippen molar-refractivity contribution >= 4 is 31.1 Å². The molecule has 0 rings (SSSR count). The molecule has 0 saturated heterocycles. The summed E-state index contributed by atoms with van der Waals surface area (Å²) in [7, 11) is 0.